The number of rotatable bonds is 4. The van der Waals surface area contributed by atoms with E-state index >= 15 is 0 Å². The molecule has 3 aromatic rings. The summed E-state index contributed by atoms with van der Waals surface area (Å²) in [6, 6.07) is 13.0. The lowest BCUT2D eigenvalue weighted by Gasteiger charge is -2.16. The van der Waals surface area contributed by atoms with E-state index < -0.39 is 0 Å². The molecule has 25 heavy (non-hydrogen) atoms. The maximum atomic E-state index is 11.9. The van der Waals surface area contributed by atoms with Gasteiger partial charge < -0.3 is 9.47 Å². The zero-order valence-electron chi connectivity index (χ0n) is 14.0. The van der Waals surface area contributed by atoms with Crippen molar-refractivity contribution in [1.82, 2.24) is 0 Å². The van der Waals surface area contributed by atoms with Crippen LogP contribution in [0.4, 0.5) is 0 Å². The van der Waals surface area contributed by atoms with Crippen LogP contribution < -0.4 is 9.47 Å². The quantitative estimate of drug-likeness (QED) is 0.334. The number of hydrogen-bond acceptors (Lipinski definition) is 4. The maximum Gasteiger partial charge on any atom is 0.310 e. The Kier molecular flexibility index (Phi) is 5.04. The highest BCUT2D eigenvalue weighted by atomic mass is 79.9. The van der Waals surface area contributed by atoms with Crippen LogP contribution in [0, 0.1) is 0 Å². The van der Waals surface area contributed by atoms with Crippen LogP contribution in [0.15, 0.2) is 46.9 Å². The lowest BCUT2D eigenvalue weighted by molar-refractivity contribution is -0.134. The van der Waals surface area contributed by atoms with Gasteiger partial charge in [-0.1, -0.05) is 54.0 Å². The molecule has 4 nitrogen and oxygen atoms in total. The molecule has 3 rings (SSSR count). The third-order valence-corrected chi connectivity index (χ3v) is 4.39. The number of fused-ring (bicyclic) bond motifs is 2. The number of ether oxygens (including phenoxy) is 2. The minimum atomic E-state index is -0.315. The Morgan fingerprint density at radius 1 is 0.800 bits per heavy atom. The highest BCUT2D eigenvalue weighted by Crippen LogP contribution is 2.43. The maximum absolute atomic E-state index is 11.9. The third kappa shape index (κ3) is 3.37. The summed E-state index contributed by atoms with van der Waals surface area (Å²) in [4.78, 5) is 23.9. The van der Waals surface area contributed by atoms with Crippen molar-refractivity contribution >= 4 is 49.4 Å². The molecular weight excluding hydrogens is 384 g/mol. The summed E-state index contributed by atoms with van der Waals surface area (Å²) in [5.74, 6) is 0.341. The fourth-order valence-corrected chi connectivity index (χ4v) is 3.02. The normalized spacial score (nSPS) is 10.8. The molecule has 0 saturated carbocycles. The van der Waals surface area contributed by atoms with Gasteiger partial charge in [0.25, 0.3) is 0 Å². The van der Waals surface area contributed by atoms with Crippen LogP contribution >= 0.6 is 15.9 Å². The van der Waals surface area contributed by atoms with Gasteiger partial charge in [0.2, 0.25) is 0 Å². The largest absolute Gasteiger partial charge is 0.425 e. The second kappa shape index (κ2) is 7.23. The summed E-state index contributed by atoms with van der Waals surface area (Å²) in [6.45, 7) is 3.50. The Morgan fingerprint density at radius 3 is 1.80 bits per heavy atom. The van der Waals surface area contributed by atoms with Crippen molar-refractivity contribution in [3.63, 3.8) is 0 Å². The number of carbonyl (C=O) groups is 2. The van der Waals surface area contributed by atoms with Crippen LogP contribution in [0.3, 0.4) is 0 Å². The molecule has 0 amide bonds. The van der Waals surface area contributed by atoms with Crippen molar-refractivity contribution < 1.29 is 19.1 Å². The number of carbonyl (C=O) groups excluding carboxylic acids is 2. The zero-order chi connectivity index (χ0) is 18.0. The molecule has 0 heterocycles. The van der Waals surface area contributed by atoms with Gasteiger partial charge in [-0.15, -0.1) is 0 Å². The third-order valence-electron chi connectivity index (χ3n) is 3.90. The van der Waals surface area contributed by atoms with Gasteiger partial charge in [0.1, 0.15) is 11.5 Å². The van der Waals surface area contributed by atoms with E-state index in [1.54, 1.807) is 13.8 Å². The van der Waals surface area contributed by atoms with Gasteiger partial charge >= 0.3 is 11.9 Å². The van der Waals surface area contributed by atoms with Gasteiger partial charge in [-0.3, -0.25) is 9.59 Å². The first-order chi connectivity index (χ1) is 12.0. The van der Waals surface area contributed by atoms with Gasteiger partial charge in [-0.05, 0) is 18.2 Å². The molecule has 0 bridgehead atoms. The molecule has 5 heteroatoms. The fraction of sp³-hybridized carbons (Fsp3) is 0.200. The molecule has 0 aromatic heterocycles. The van der Waals surface area contributed by atoms with E-state index in [2.05, 4.69) is 15.9 Å². The van der Waals surface area contributed by atoms with Gasteiger partial charge in [-0.25, -0.2) is 0 Å². The van der Waals surface area contributed by atoms with E-state index in [1.807, 2.05) is 42.5 Å². The molecule has 0 fully saturated rings. The van der Waals surface area contributed by atoms with E-state index in [9.17, 15) is 9.59 Å². The van der Waals surface area contributed by atoms with Crippen LogP contribution in [0.25, 0.3) is 21.5 Å². The second-order valence-corrected chi connectivity index (χ2v) is 6.46. The molecule has 0 unspecified atom stereocenters. The molecule has 0 radical (unpaired) electrons. The number of hydrogen-bond donors (Lipinski definition) is 0. The standard InChI is InChI=1S/C20H17BrO4/c1-3-17(22)24-19-13-7-5-6-8-14(13)20(25-18(23)4-2)16-11-12(21)9-10-15(16)19/h5-11H,3-4H2,1-2H3. The van der Waals surface area contributed by atoms with Gasteiger partial charge in [-0.2, -0.15) is 0 Å². The van der Waals surface area contributed by atoms with Gasteiger partial charge in [0, 0.05) is 38.9 Å². The Hall–Kier alpha value is -2.40. The Morgan fingerprint density at radius 2 is 1.28 bits per heavy atom. The Bertz CT molecular complexity index is 978. The smallest absolute Gasteiger partial charge is 0.310 e. The Labute approximate surface area is 153 Å². The predicted octanol–water partition coefficient (Wildman–Crippen LogP) is 5.39. The number of halogens is 1. The molecule has 0 aliphatic heterocycles. The molecule has 0 aliphatic rings. The first-order valence-electron chi connectivity index (χ1n) is 8.10. The minimum Gasteiger partial charge on any atom is -0.425 e. The van der Waals surface area contributed by atoms with E-state index in [0.29, 0.717) is 16.9 Å². The molecule has 3 aromatic carbocycles. The van der Waals surface area contributed by atoms with Crippen LogP contribution in [0.1, 0.15) is 26.7 Å². The van der Waals surface area contributed by atoms with E-state index in [4.69, 9.17) is 9.47 Å². The number of esters is 2. The average Bonchev–Trinajstić information content (AvgIpc) is 2.63. The van der Waals surface area contributed by atoms with Crippen LogP contribution in [-0.2, 0) is 9.59 Å². The topological polar surface area (TPSA) is 52.6 Å². The van der Waals surface area contributed by atoms with E-state index in [0.717, 1.165) is 20.6 Å². The number of benzene rings is 3. The summed E-state index contributed by atoms with van der Waals surface area (Å²) in [5, 5.41) is 2.91. The highest BCUT2D eigenvalue weighted by Gasteiger charge is 2.19. The SMILES string of the molecule is CCC(=O)Oc1c2ccccc2c(OC(=O)CC)c2cc(Br)ccc12. The molecule has 0 atom stereocenters. The molecule has 128 valence electrons. The molecule has 0 aliphatic carbocycles. The highest BCUT2D eigenvalue weighted by molar-refractivity contribution is 9.10. The molecular formula is C20H17BrO4. The van der Waals surface area contributed by atoms with Crippen LogP contribution in [0.5, 0.6) is 11.5 Å². The zero-order valence-corrected chi connectivity index (χ0v) is 15.6. The summed E-state index contributed by atoms with van der Waals surface area (Å²) < 4.78 is 12.1. The van der Waals surface area contributed by atoms with Gasteiger partial charge in [0.05, 0.1) is 0 Å². The lowest BCUT2D eigenvalue weighted by atomic mass is 10.0. The van der Waals surface area contributed by atoms with Crippen molar-refractivity contribution in [1.29, 1.82) is 0 Å². The van der Waals surface area contributed by atoms with Crippen molar-refractivity contribution in [2.24, 2.45) is 0 Å². The summed E-state index contributed by atoms with van der Waals surface area (Å²) in [5.41, 5.74) is 0. The summed E-state index contributed by atoms with van der Waals surface area (Å²) >= 11 is 3.45. The average molecular weight is 401 g/mol. The van der Waals surface area contributed by atoms with Crippen LogP contribution in [0.2, 0.25) is 0 Å². The molecule has 0 saturated heterocycles. The summed E-state index contributed by atoms with van der Waals surface area (Å²) in [6.07, 6.45) is 0.551. The first-order valence-corrected chi connectivity index (χ1v) is 8.89. The fourth-order valence-electron chi connectivity index (χ4n) is 2.66. The second-order valence-electron chi connectivity index (χ2n) is 5.55. The minimum absolute atomic E-state index is 0.274. The van der Waals surface area contributed by atoms with Crippen molar-refractivity contribution in [2.75, 3.05) is 0 Å². The Balaban J connectivity index is 2.40. The first kappa shape index (κ1) is 17.4. The van der Waals surface area contributed by atoms with Gasteiger partial charge in [0.15, 0.2) is 0 Å². The lowest BCUT2D eigenvalue weighted by Crippen LogP contribution is -2.09. The molecule has 0 N–H and O–H groups in total. The van der Waals surface area contributed by atoms with Crippen molar-refractivity contribution in [2.45, 2.75) is 26.7 Å². The van der Waals surface area contributed by atoms with Crippen molar-refractivity contribution in [3.8, 4) is 11.5 Å². The molecule has 0 spiro atoms. The van der Waals surface area contributed by atoms with Crippen LogP contribution in [-0.4, -0.2) is 11.9 Å². The monoisotopic (exact) mass is 400 g/mol. The predicted molar refractivity (Wildman–Crippen MR) is 101 cm³/mol. The van der Waals surface area contributed by atoms with Crippen molar-refractivity contribution in [3.05, 3.63) is 46.9 Å². The van der Waals surface area contributed by atoms with E-state index in [-0.39, 0.29) is 24.8 Å². The van der Waals surface area contributed by atoms with E-state index in [1.165, 1.54) is 0 Å². The summed E-state index contributed by atoms with van der Waals surface area (Å²) in [7, 11) is 0.